The molecular weight excluding hydrogens is 1660 g/mol. The van der Waals surface area contributed by atoms with Crippen molar-refractivity contribution in [3.8, 4) is 0 Å². The molecule has 1 saturated carbocycles. The van der Waals surface area contributed by atoms with E-state index >= 15 is 0 Å². The van der Waals surface area contributed by atoms with Crippen molar-refractivity contribution >= 4 is 148 Å². The van der Waals surface area contributed by atoms with E-state index in [0.29, 0.717) is 0 Å². The summed E-state index contributed by atoms with van der Waals surface area (Å²) in [6.07, 6.45) is 14.2. The Balaban J connectivity index is 0.686. The molecule has 2 aromatic heterocycles. The first-order chi connectivity index (χ1) is 64.6. The maximum absolute atomic E-state index is 7.85. The molecule has 3 unspecified atom stereocenters. The first-order valence-electron chi connectivity index (χ1n) is 52.1. The zero-order chi connectivity index (χ0) is 95.8. The Morgan fingerprint density at radius 1 is 0.307 bits per heavy atom. The van der Waals surface area contributed by atoms with Crippen LogP contribution in [0.5, 0.6) is 0 Å². The van der Waals surface area contributed by atoms with Gasteiger partial charge in [0.25, 0.3) is 13.4 Å². The number of para-hydroxylation sites is 2. The molecule has 3 atom stereocenters. The average molecular weight is 1800 g/mol. The molecule has 696 valence electrons. The number of aryl methyl sites for hydroxylation is 1. The molecule has 9 heteroatoms. The van der Waals surface area contributed by atoms with Crippen LogP contribution in [0.4, 0.5) is 79.8 Å². The summed E-state index contributed by atoms with van der Waals surface area (Å²) in [6, 6.07) is 91.8. The van der Waals surface area contributed by atoms with E-state index in [0.717, 1.165) is 117 Å². The van der Waals surface area contributed by atoms with E-state index in [4.69, 9.17) is 8.83 Å². The minimum absolute atomic E-state index is 0.00389. The van der Waals surface area contributed by atoms with Gasteiger partial charge in [-0.1, -0.05) is 294 Å². The Labute approximate surface area is 817 Å². The van der Waals surface area contributed by atoms with Crippen LogP contribution in [0.3, 0.4) is 0 Å². The quantitative estimate of drug-likeness (QED) is 0.140. The van der Waals surface area contributed by atoms with E-state index in [1.54, 1.807) is 0 Å². The van der Waals surface area contributed by atoms with Crippen molar-refractivity contribution in [3.63, 3.8) is 0 Å². The van der Waals surface area contributed by atoms with Gasteiger partial charge >= 0.3 is 0 Å². The van der Waals surface area contributed by atoms with Crippen molar-refractivity contribution in [1.29, 1.82) is 0 Å². The topological polar surface area (TPSA) is 42.5 Å². The molecule has 24 rings (SSSR count). The van der Waals surface area contributed by atoms with Gasteiger partial charge in [-0.3, -0.25) is 4.90 Å². The molecule has 7 nitrogen and oxygen atoms in total. The van der Waals surface area contributed by atoms with Gasteiger partial charge in [0.05, 0.1) is 16.9 Å². The second kappa shape index (κ2) is 29.0. The highest BCUT2D eigenvalue weighted by Crippen LogP contribution is 2.66. The number of benzene rings is 12. The van der Waals surface area contributed by atoms with Crippen LogP contribution in [-0.2, 0) is 71.4 Å². The molecule has 0 amide bonds. The lowest BCUT2D eigenvalue weighted by molar-refractivity contribution is 0.215. The van der Waals surface area contributed by atoms with Crippen molar-refractivity contribution < 1.29 is 8.83 Å². The van der Waals surface area contributed by atoms with E-state index in [-0.39, 0.29) is 78.4 Å². The molecule has 137 heavy (non-hydrogen) atoms. The fourth-order valence-electron chi connectivity index (χ4n) is 28.4. The largest absolute Gasteiger partial charge is 0.468 e. The van der Waals surface area contributed by atoms with Crippen LogP contribution in [0.2, 0.25) is 0 Å². The minimum atomic E-state index is -0.420. The monoisotopic (exact) mass is 1800 g/mol. The molecule has 0 saturated heterocycles. The first-order valence-corrected chi connectivity index (χ1v) is 52.1. The van der Waals surface area contributed by atoms with Gasteiger partial charge in [-0.05, 0) is 359 Å². The third kappa shape index (κ3) is 12.9. The summed E-state index contributed by atoms with van der Waals surface area (Å²) in [7, 11) is 0. The molecule has 12 aromatic carbocycles. The smallest absolute Gasteiger partial charge is 0.297 e. The van der Waals surface area contributed by atoms with E-state index in [1.165, 1.54) is 185 Å². The van der Waals surface area contributed by atoms with Crippen molar-refractivity contribution in [3.05, 3.63) is 308 Å². The summed E-state index contributed by atoms with van der Waals surface area (Å²) in [5.74, 6) is 0.911. The number of anilines is 14. The number of hydrogen-bond acceptors (Lipinski definition) is 7. The molecule has 0 N–H and O–H groups in total. The van der Waals surface area contributed by atoms with Gasteiger partial charge in [0.1, 0.15) is 11.2 Å². The zero-order valence-electron chi connectivity index (χ0n) is 86.8. The Bertz CT molecular complexity index is 7460. The van der Waals surface area contributed by atoms with Gasteiger partial charge in [-0.2, -0.15) is 0 Å². The second-order valence-electron chi connectivity index (χ2n) is 52.2. The van der Waals surface area contributed by atoms with Crippen LogP contribution in [0.25, 0.3) is 21.9 Å². The Kier molecular flexibility index (Phi) is 18.8. The fraction of sp³-hybridized carbons (Fsp3) is 0.406. The molecule has 7 heterocycles. The standard InChI is InChI=1S/C128H141B2N5O2/c1-77-65-104-111-105(66-77)134(83-45-41-79(42-46-83)116(2,3)4)115-110(88-33-27-30-36-108(88)137-115)129(111)100-74-98-97(75-103(100)132(104)85-48-51-91-95(70-85)123(19,20)61-58-120(91,13)14)125(23,24)63-64-126(98,25)76-78-37-39-80(40-38-78)128-56-32-31-55-127(128,26)135(101-35-29-28-34-93(101)128)87-72-106-112-107(73-87)133(86-49-52-92-96(71-86)124(21,22)62-59-121(92,15)16)113-89-67-81(117(5,6)7)44-54-109(89)136-114(113)130(112)99-68-82(118(8,9)10)43-53-102(99)131(106)84-47-50-90-94(69-84)122(17,18)60-57-119(90,11)12/h27-30,33-54,65-75H,31-32,55-64,76H2,1-26H3. The van der Waals surface area contributed by atoms with Crippen molar-refractivity contribution in [2.75, 3.05) is 24.5 Å². The molecule has 1 fully saturated rings. The highest BCUT2D eigenvalue weighted by Gasteiger charge is 2.63. The summed E-state index contributed by atoms with van der Waals surface area (Å²) < 4.78 is 15.3. The van der Waals surface area contributed by atoms with Gasteiger partial charge in [0, 0.05) is 89.9 Å². The van der Waals surface area contributed by atoms with Crippen LogP contribution < -0.4 is 57.5 Å². The van der Waals surface area contributed by atoms with Gasteiger partial charge in [-0.25, -0.2) is 0 Å². The predicted octanol–water partition coefficient (Wildman–Crippen LogP) is 30.9. The number of rotatable bonds is 8. The Hall–Kier alpha value is -11.2. The second-order valence-corrected chi connectivity index (χ2v) is 52.2. The maximum Gasteiger partial charge on any atom is 0.297 e. The summed E-state index contributed by atoms with van der Waals surface area (Å²) >= 11 is 0. The van der Waals surface area contributed by atoms with E-state index in [2.05, 4.69) is 429 Å². The first kappa shape index (κ1) is 88.5. The van der Waals surface area contributed by atoms with Crippen LogP contribution in [0.1, 0.15) is 334 Å². The van der Waals surface area contributed by atoms with Crippen molar-refractivity contribution in [2.24, 2.45) is 0 Å². The van der Waals surface area contributed by atoms with Crippen molar-refractivity contribution in [1.82, 2.24) is 0 Å². The molecule has 0 spiro atoms. The van der Waals surface area contributed by atoms with Crippen LogP contribution in [0, 0.1) is 6.92 Å². The number of hydrogen-bond donors (Lipinski definition) is 0. The highest BCUT2D eigenvalue weighted by molar-refractivity contribution is 7.02. The number of fused-ring (bicyclic) bond motifs is 19. The summed E-state index contributed by atoms with van der Waals surface area (Å²) in [5, 5.41) is 2.33. The molecule has 5 aliphatic carbocycles. The van der Waals surface area contributed by atoms with E-state index in [1.807, 2.05) is 0 Å². The molecule has 0 radical (unpaired) electrons. The lowest BCUT2D eigenvalue weighted by Crippen LogP contribution is -2.61. The fourth-order valence-corrected chi connectivity index (χ4v) is 28.4. The molecular formula is C128H141B2N5O2. The van der Waals surface area contributed by atoms with Gasteiger partial charge in [0.2, 0.25) is 5.88 Å². The summed E-state index contributed by atoms with van der Waals surface area (Å²) in [4.78, 5) is 13.6. The van der Waals surface area contributed by atoms with Crippen LogP contribution in [-0.4, -0.2) is 19.0 Å². The Morgan fingerprint density at radius 2 is 0.766 bits per heavy atom. The number of nitrogens with zero attached hydrogens (tertiary/aromatic N) is 5. The lowest BCUT2D eigenvalue weighted by Gasteiger charge is -2.53. The van der Waals surface area contributed by atoms with Crippen LogP contribution in [0.15, 0.2) is 233 Å². The third-order valence-corrected chi connectivity index (χ3v) is 37.0. The average Bonchev–Trinajstić information content (AvgIpc) is 1.51. The SMILES string of the molecule is Cc1cc2c3c(c1)N(c1ccc(C(C)(C)C)cc1)c1oc4ccccc4c1B3c1cc3c(cc1N2c1ccc2c(c1)C(C)(C)CCC2(C)C)C(C)(C)CCC3(C)Cc1ccc(C23CCCCC2(C)N(c2cc4c5c(c2)N(c2ccc6c(c2)C(C)(C)CCC6(C)C)c2c(oc6ccc(C(C)(C)C)cc26)B5c2cc(C(C)(C)C)ccc2N4c2ccc4c(c2)C(C)(C)CCC4(C)C)c2ccccc23)cc1. The maximum atomic E-state index is 7.85. The predicted molar refractivity (Wildman–Crippen MR) is 583 cm³/mol. The molecule has 0 bridgehead atoms. The van der Waals surface area contributed by atoms with Crippen molar-refractivity contribution in [2.45, 2.75) is 334 Å². The number of furan rings is 2. The van der Waals surface area contributed by atoms with Gasteiger partial charge < -0.3 is 28.4 Å². The third-order valence-electron chi connectivity index (χ3n) is 37.0. The molecule has 10 aliphatic rings. The summed E-state index contributed by atoms with van der Waals surface area (Å²) in [6.45, 7) is 63.4. The molecule has 14 aromatic rings. The zero-order valence-corrected chi connectivity index (χ0v) is 86.8. The highest BCUT2D eigenvalue weighted by atomic mass is 16.4. The normalized spacial score (nSPS) is 22.2. The Morgan fingerprint density at radius 3 is 1.36 bits per heavy atom. The van der Waals surface area contributed by atoms with Crippen LogP contribution >= 0.6 is 0 Å². The summed E-state index contributed by atoms with van der Waals surface area (Å²) in [5.41, 5.74) is 44.9. The lowest BCUT2D eigenvalue weighted by atomic mass is 9.33. The van der Waals surface area contributed by atoms with E-state index in [9.17, 15) is 0 Å². The molecule has 5 aliphatic heterocycles. The minimum Gasteiger partial charge on any atom is -0.468 e. The van der Waals surface area contributed by atoms with E-state index < -0.39 is 5.54 Å². The van der Waals surface area contributed by atoms with Gasteiger partial charge in [0.15, 0.2) is 0 Å². The van der Waals surface area contributed by atoms with Gasteiger partial charge in [-0.15, -0.1) is 0 Å².